The van der Waals surface area contributed by atoms with Crippen molar-refractivity contribution in [1.29, 1.82) is 0 Å². The molecule has 16 heavy (non-hydrogen) atoms. The molecule has 0 radical (unpaired) electrons. The first-order chi connectivity index (χ1) is 7.59. The molecule has 2 N–H and O–H groups in total. The standard InChI is InChI=1S/C9H16N2O5/c1-11(5-8(12)13)9(14)10-4-7-6-15-2-3-16-7/h7H,2-6H2,1H3,(H,10,14)(H,12,13). The van der Waals surface area contributed by atoms with E-state index < -0.39 is 12.0 Å². The van der Waals surface area contributed by atoms with E-state index in [2.05, 4.69) is 5.32 Å². The summed E-state index contributed by atoms with van der Waals surface area (Å²) in [4.78, 5) is 22.8. The van der Waals surface area contributed by atoms with Crippen molar-refractivity contribution in [3.05, 3.63) is 0 Å². The lowest BCUT2D eigenvalue weighted by molar-refractivity contribution is -0.137. The lowest BCUT2D eigenvalue weighted by Gasteiger charge is -2.24. The Morgan fingerprint density at radius 1 is 1.50 bits per heavy atom. The minimum Gasteiger partial charge on any atom is -0.480 e. The lowest BCUT2D eigenvalue weighted by atomic mass is 10.3. The molecular formula is C9H16N2O5. The molecule has 1 aliphatic rings. The number of carbonyl (C=O) groups is 2. The zero-order chi connectivity index (χ0) is 12.0. The van der Waals surface area contributed by atoms with Gasteiger partial charge in [-0.05, 0) is 0 Å². The van der Waals surface area contributed by atoms with Crippen LogP contribution in [0.2, 0.25) is 0 Å². The third-order valence-corrected chi connectivity index (χ3v) is 2.09. The summed E-state index contributed by atoms with van der Waals surface area (Å²) in [6, 6.07) is -0.434. The predicted octanol–water partition coefficient (Wildman–Crippen LogP) is -0.872. The number of carboxylic acid groups (broad SMARTS) is 1. The molecule has 2 amide bonds. The second kappa shape index (κ2) is 6.29. The number of nitrogens with zero attached hydrogens (tertiary/aromatic N) is 1. The van der Waals surface area contributed by atoms with Gasteiger partial charge in [-0.3, -0.25) is 4.79 Å². The molecule has 0 aromatic carbocycles. The normalized spacial score (nSPS) is 20.2. The molecule has 0 spiro atoms. The molecule has 92 valence electrons. The maximum absolute atomic E-state index is 11.4. The molecule has 7 nitrogen and oxygen atoms in total. The molecular weight excluding hydrogens is 216 g/mol. The number of nitrogens with one attached hydrogen (secondary N) is 1. The van der Waals surface area contributed by atoms with E-state index >= 15 is 0 Å². The SMILES string of the molecule is CN(CC(=O)O)C(=O)NCC1COCCO1. The van der Waals surface area contributed by atoms with Crippen LogP contribution in [0, 0.1) is 0 Å². The van der Waals surface area contributed by atoms with Crippen molar-refractivity contribution in [3.8, 4) is 0 Å². The minimum atomic E-state index is -1.05. The van der Waals surface area contributed by atoms with Gasteiger partial charge in [-0.1, -0.05) is 0 Å². The summed E-state index contributed by atoms with van der Waals surface area (Å²) in [5.74, 6) is -1.05. The summed E-state index contributed by atoms with van der Waals surface area (Å²) >= 11 is 0. The first kappa shape index (κ1) is 12.7. The summed E-state index contributed by atoms with van der Waals surface area (Å²) < 4.78 is 10.5. The van der Waals surface area contributed by atoms with E-state index in [0.29, 0.717) is 26.4 Å². The fourth-order valence-corrected chi connectivity index (χ4v) is 1.27. The van der Waals surface area contributed by atoms with Gasteiger partial charge in [-0.25, -0.2) is 4.79 Å². The molecule has 1 unspecified atom stereocenters. The van der Waals surface area contributed by atoms with Crippen LogP contribution in [0.1, 0.15) is 0 Å². The minimum absolute atomic E-state index is 0.157. The van der Waals surface area contributed by atoms with Gasteiger partial charge in [0.2, 0.25) is 0 Å². The Morgan fingerprint density at radius 2 is 2.25 bits per heavy atom. The van der Waals surface area contributed by atoms with E-state index in [4.69, 9.17) is 14.6 Å². The Balaban J connectivity index is 2.20. The van der Waals surface area contributed by atoms with Crippen LogP contribution < -0.4 is 5.32 Å². The van der Waals surface area contributed by atoms with Gasteiger partial charge >= 0.3 is 12.0 Å². The van der Waals surface area contributed by atoms with E-state index in [1.54, 1.807) is 0 Å². The molecule has 1 heterocycles. The van der Waals surface area contributed by atoms with Gasteiger partial charge in [0.15, 0.2) is 0 Å². The van der Waals surface area contributed by atoms with Crippen molar-refractivity contribution >= 4 is 12.0 Å². The van der Waals surface area contributed by atoms with Gasteiger partial charge in [-0.15, -0.1) is 0 Å². The summed E-state index contributed by atoms with van der Waals surface area (Å²) in [6.45, 7) is 1.54. The van der Waals surface area contributed by atoms with Crippen LogP contribution in [0.3, 0.4) is 0 Å². The highest BCUT2D eigenvalue weighted by atomic mass is 16.6. The Labute approximate surface area is 93.3 Å². The number of urea groups is 1. The van der Waals surface area contributed by atoms with Crippen LogP contribution in [0.4, 0.5) is 4.79 Å². The first-order valence-corrected chi connectivity index (χ1v) is 4.99. The van der Waals surface area contributed by atoms with E-state index in [0.717, 1.165) is 4.90 Å². The quantitative estimate of drug-likeness (QED) is 0.657. The number of aliphatic carboxylic acids is 1. The monoisotopic (exact) mass is 232 g/mol. The summed E-state index contributed by atoms with van der Waals surface area (Å²) in [5.41, 5.74) is 0. The molecule has 1 aliphatic heterocycles. The predicted molar refractivity (Wildman–Crippen MR) is 54.2 cm³/mol. The zero-order valence-corrected chi connectivity index (χ0v) is 9.14. The molecule has 0 aromatic rings. The fraction of sp³-hybridized carbons (Fsp3) is 0.778. The molecule has 0 aliphatic carbocycles. The number of likely N-dealkylation sites (N-methyl/N-ethyl adjacent to an activating group) is 1. The van der Waals surface area contributed by atoms with Crippen LogP contribution in [-0.4, -0.2) is 68.1 Å². The number of hydrogen-bond donors (Lipinski definition) is 2. The number of rotatable bonds is 4. The number of carbonyl (C=O) groups excluding carboxylic acids is 1. The van der Waals surface area contributed by atoms with E-state index in [1.807, 2.05) is 0 Å². The summed E-state index contributed by atoms with van der Waals surface area (Å²) in [7, 11) is 1.42. The molecule has 1 saturated heterocycles. The average Bonchev–Trinajstić information content (AvgIpc) is 2.26. The Morgan fingerprint density at radius 3 is 2.81 bits per heavy atom. The smallest absolute Gasteiger partial charge is 0.323 e. The maximum atomic E-state index is 11.4. The molecule has 0 bridgehead atoms. The van der Waals surface area contributed by atoms with Gasteiger partial charge in [0.1, 0.15) is 6.54 Å². The maximum Gasteiger partial charge on any atom is 0.323 e. The number of carboxylic acids is 1. The van der Waals surface area contributed by atoms with Crippen LogP contribution in [0.15, 0.2) is 0 Å². The van der Waals surface area contributed by atoms with Gasteiger partial charge in [0, 0.05) is 13.6 Å². The first-order valence-electron chi connectivity index (χ1n) is 4.99. The second-order valence-electron chi connectivity index (χ2n) is 3.50. The topological polar surface area (TPSA) is 88.1 Å². The Hall–Kier alpha value is -1.34. The third kappa shape index (κ3) is 4.45. The summed E-state index contributed by atoms with van der Waals surface area (Å²) in [6.07, 6.45) is -0.157. The Kier molecular flexibility index (Phi) is 5.00. The van der Waals surface area contributed by atoms with Crippen LogP contribution >= 0.6 is 0 Å². The van der Waals surface area contributed by atoms with Crippen molar-refractivity contribution in [2.24, 2.45) is 0 Å². The van der Waals surface area contributed by atoms with Crippen molar-refractivity contribution in [2.75, 3.05) is 40.0 Å². The highest BCUT2D eigenvalue weighted by Gasteiger charge is 2.17. The van der Waals surface area contributed by atoms with Gasteiger partial charge in [0.05, 0.1) is 25.9 Å². The second-order valence-corrected chi connectivity index (χ2v) is 3.50. The van der Waals surface area contributed by atoms with E-state index in [9.17, 15) is 9.59 Å². The number of hydrogen-bond acceptors (Lipinski definition) is 4. The van der Waals surface area contributed by atoms with Crippen molar-refractivity contribution in [1.82, 2.24) is 10.2 Å². The number of amides is 2. The third-order valence-electron chi connectivity index (χ3n) is 2.09. The van der Waals surface area contributed by atoms with Crippen LogP contribution in [0.25, 0.3) is 0 Å². The van der Waals surface area contributed by atoms with Crippen molar-refractivity contribution in [3.63, 3.8) is 0 Å². The lowest BCUT2D eigenvalue weighted by Crippen LogP contribution is -2.45. The van der Waals surface area contributed by atoms with Gasteiger partial charge < -0.3 is 24.8 Å². The fourth-order valence-electron chi connectivity index (χ4n) is 1.27. The molecule has 0 saturated carbocycles. The van der Waals surface area contributed by atoms with Crippen LogP contribution in [0.5, 0.6) is 0 Å². The zero-order valence-electron chi connectivity index (χ0n) is 9.14. The van der Waals surface area contributed by atoms with E-state index in [1.165, 1.54) is 7.05 Å². The number of ether oxygens (including phenoxy) is 2. The molecule has 7 heteroatoms. The highest BCUT2D eigenvalue weighted by molar-refractivity contribution is 5.79. The average molecular weight is 232 g/mol. The summed E-state index contributed by atoms with van der Waals surface area (Å²) in [5, 5.41) is 11.1. The van der Waals surface area contributed by atoms with Gasteiger partial charge in [0.25, 0.3) is 0 Å². The van der Waals surface area contributed by atoms with Crippen molar-refractivity contribution < 1.29 is 24.2 Å². The van der Waals surface area contributed by atoms with Gasteiger partial charge in [-0.2, -0.15) is 0 Å². The van der Waals surface area contributed by atoms with Crippen molar-refractivity contribution in [2.45, 2.75) is 6.10 Å². The highest BCUT2D eigenvalue weighted by Crippen LogP contribution is 1.99. The molecule has 1 fully saturated rings. The molecule has 1 rings (SSSR count). The van der Waals surface area contributed by atoms with E-state index in [-0.39, 0.29) is 12.6 Å². The molecule has 0 aromatic heterocycles. The Bertz CT molecular complexity index is 252. The largest absolute Gasteiger partial charge is 0.480 e. The molecule has 1 atom stereocenters. The van der Waals surface area contributed by atoms with Crippen LogP contribution in [-0.2, 0) is 14.3 Å².